The second-order valence-electron chi connectivity index (χ2n) is 9.84. The fraction of sp³-hybridized carbons (Fsp3) is 0.343. The monoisotopic (exact) mass is 546 g/mol. The molecule has 1 aliphatic carbocycles. The van der Waals surface area contributed by atoms with Gasteiger partial charge in [0, 0.05) is 11.1 Å². The number of hydrogen-bond donors (Lipinski definition) is 0. The van der Waals surface area contributed by atoms with E-state index < -0.39 is 0 Å². The molecule has 0 bridgehead atoms. The highest BCUT2D eigenvalue weighted by atomic mass is 35.5. The zero-order valence-corrected chi connectivity index (χ0v) is 23.1. The quantitative estimate of drug-likeness (QED) is 0.176. The Hall–Kier alpha value is -3.17. The molecule has 4 heteroatoms. The molecule has 0 N–H and O–H groups in total. The number of aryl methyl sites for hydroxylation is 1. The van der Waals surface area contributed by atoms with Crippen LogP contribution in [0.15, 0.2) is 66.2 Å². The van der Waals surface area contributed by atoms with E-state index in [-0.39, 0.29) is 14.1 Å². The lowest BCUT2D eigenvalue weighted by Crippen LogP contribution is -1.99. The number of hydrogen-bond acceptors (Lipinski definition) is 2. The maximum absolute atomic E-state index is 12.4. The number of carbonyl (C=O) groups excluding carboxylic acids is 1. The van der Waals surface area contributed by atoms with Gasteiger partial charge in [0.25, 0.3) is 0 Å². The van der Waals surface area contributed by atoms with Crippen molar-refractivity contribution in [3.63, 3.8) is 0 Å². The number of para-hydroxylation sites is 1. The summed E-state index contributed by atoms with van der Waals surface area (Å²) in [5, 5.41) is 0.594. The van der Waals surface area contributed by atoms with Gasteiger partial charge in [-0.2, -0.15) is 0 Å². The number of aldehydes is 1. The summed E-state index contributed by atoms with van der Waals surface area (Å²) >= 11 is 6.55. The SMILES string of the molecule is C.CC/C(=C/c1ccc(C2=C(c3cccc(Cl)c3OC)CCCc3cc(C=O)ccc32)cc1)CCCCCF. The lowest BCUT2D eigenvalue weighted by atomic mass is 9.86. The lowest BCUT2D eigenvalue weighted by molar-refractivity contribution is 0.112. The second-order valence-corrected chi connectivity index (χ2v) is 10.2. The zero-order valence-electron chi connectivity index (χ0n) is 22.4. The van der Waals surface area contributed by atoms with Crippen molar-refractivity contribution in [2.24, 2.45) is 0 Å². The highest BCUT2D eigenvalue weighted by Crippen LogP contribution is 2.44. The highest BCUT2D eigenvalue weighted by molar-refractivity contribution is 6.32. The van der Waals surface area contributed by atoms with Crippen LogP contribution in [-0.4, -0.2) is 20.1 Å². The van der Waals surface area contributed by atoms with Gasteiger partial charge in [0.2, 0.25) is 0 Å². The van der Waals surface area contributed by atoms with Gasteiger partial charge < -0.3 is 4.74 Å². The van der Waals surface area contributed by atoms with Crippen molar-refractivity contribution in [2.75, 3.05) is 13.8 Å². The van der Waals surface area contributed by atoms with E-state index in [1.165, 1.54) is 22.3 Å². The largest absolute Gasteiger partial charge is 0.495 e. The van der Waals surface area contributed by atoms with Gasteiger partial charge in [-0.3, -0.25) is 9.18 Å². The van der Waals surface area contributed by atoms with Gasteiger partial charge in [0.1, 0.15) is 12.0 Å². The summed E-state index contributed by atoms with van der Waals surface area (Å²) in [5.74, 6) is 0.689. The molecule has 0 saturated carbocycles. The zero-order chi connectivity index (χ0) is 26.9. The molecule has 0 heterocycles. The van der Waals surface area contributed by atoms with Gasteiger partial charge >= 0.3 is 0 Å². The van der Waals surface area contributed by atoms with E-state index in [0.29, 0.717) is 22.8 Å². The molecule has 0 saturated heterocycles. The minimum absolute atomic E-state index is 0. The van der Waals surface area contributed by atoms with Crippen LogP contribution >= 0.6 is 11.6 Å². The number of rotatable bonds is 11. The van der Waals surface area contributed by atoms with Gasteiger partial charge in [-0.15, -0.1) is 0 Å². The third kappa shape index (κ3) is 7.28. The Balaban J connectivity index is 0.00000420. The van der Waals surface area contributed by atoms with Gasteiger partial charge in [-0.05, 0) is 90.5 Å². The molecule has 0 fully saturated rings. The van der Waals surface area contributed by atoms with E-state index in [0.717, 1.165) is 73.5 Å². The van der Waals surface area contributed by atoms with Crippen molar-refractivity contribution in [3.8, 4) is 5.75 Å². The van der Waals surface area contributed by atoms with Crippen LogP contribution < -0.4 is 4.74 Å². The summed E-state index contributed by atoms with van der Waals surface area (Å²) in [6.07, 6.45) is 10.5. The fourth-order valence-corrected chi connectivity index (χ4v) is 5.64. The number of carbonyl (C=O) groups is 1. The topological polar surface area (TPSA) is 26.3 Å². The van der Waals surface area contributed by atoms with Gasteiger partial charge in [-0.1, -0.05) is 92.6 Å². The van der Waals surface area contributed by atoms with E-state index in [4.69, 9.17) is 16.3 Å². The van der Waals surface area contributed by atoms with Crippen LogP contribution in [0.3, 0.4) is 0 Å². The highest BCUT2D eigenvalue weighted by Gasteiger charge is 2.23. The molecule has 4 rings (SSSR count). The summed E-state index contributed by atoms with van der Waals surface area (Å²) in [7, 11) is 1.66. The Morgan fingerprint density at radius 1 is 0.974 bits per heavy atom. The molecule has 0 aromatic heterocycles. The Morgan fingerprint density at radius 3 is 2.44 bits per heavy atom. The number of halogens is 2. The number of methoxy groups -OCH3 is 1. The smallest absolute Gasteiger partial charge is 0.150 e. The maximum Gasteiger partial charge on any atom is 0.150 e. The minimum atomic E-state index is -0.231. The first kappa shape index (κ1) is 30.4. The Labute approximate surface area is 238 Å². The molecule has 0 amide bonds. The molecule has 0 unspecified atom stereocenters. The minimum Gasteiger partial charge on any atom is -0.495 e. The number of benzene rings is 3. The van der Waals surface area contributed by atoms with Crippen LogP contribution in [-0.2, 0) is 6.42 Å². The van der Waals surface area contributed by atoms with Crippen molar-refractivity contribution in [1.82, 2.24) is 0 Å². The number of unbranched alkanes of at least 4 members (excludes halogenated alkanes) is 2. The van der Waals surface area contributed by atoms with E-state index >= 15 is 0 Å². The number of allylic oxidation sites excluding steroid dienone is 2. The van der Waals surface area contributed by atoms with Crippen molar-refractivity contribution in [3.05, 3.63) is 105 Å². The van der Waals surface area contributed by atoms with E-state index in [1.54, 1.807) is 7.11 Å². The Kier molecular flexibility index (Phi) is 11.6. The van der Waals surface area contributed by atoms with Gasteiger partial charge in [0.15, 0.2) is 0 Å². The van der Waals surface area contributed by atoms with Crippen LogP contribution in [0.2, 0.25) is 5.02 Å². The maximum atomic E-state index is 12.4. The molecule has 0 radical (unpaired) electrons. The van der Waals surface area contributed by atoms with Gasteiger partial charge in [0.05, 0.1) is 18.8 Å². The number of fused-ring (bicyclic) bond motifs is 1. The average Bonchev–Trinajstić information content (AvgIpc) is 3.14. The van der Waals surface area contributed by atoms with E-state index in [2.05, 4.69) is 49.4 Å². The average molecular weight is 547 g/mol. The van der Waals surface area contributed by atoms with Crippen molar-refractivity contribution in [1.29, 1.82) is 0 Å². The normalized spacial score (nSPS) is 13.4. The molecule has 3 aromatic rings. The summed E-state index contributed by atoms with van der Waals surface area (Å²) in [6, 6.07) is 20.7. The predicted octanol–water partition coefficient (Wildman–Crippen LogP) is 10.4. The van der Waals surface area contributed by atoms with Crippen LogP contribution in [0.25, 0.3) is 17.2 Å². The third-order valence-electron chi connectivity index (χ3n) is 7.36. The van der Waals surface area contributed by atoms with E-state index in [1.807, 2.05) is 24.3 Å². The number of alkyl halides is 1. The van der Waals surface area contributed by atoms with Crippen LogP contribution in [0.4, 0.5) is 4.39 Å². The van der Waals surface area contributed by atoms with E-state index in [9.17, 15) is 9.18 Å². The molecular formula is C35H40ClFO2. The Bertz CT molecular complexity index is 1320. The Morgan fingerprint density at radius 2 is 1.74 bits per heavy atom. The molecule has 206 valence electrons. The molecule has 3 aromatic carbocycles. The summed E-state index contributed by atoms with van der Waals surface area (Å²) in [5.41, 5.74) is 10.1. The molecule has 0 atom stereocenters. The summed E-state index contributed by atoms with van der Waals surface area (Å²) < 4.78 is 18.2. The first-order valence-corrected chi connectivity index (χ1v) is 14.0. The molecular weight excluding hydrogens is 507 g/mol. The fourth-order valence-electron chi connectivity index (χ4n) is 5.39. The predicted molar refractivity (Wildman–Crippen MR) is 165 cm³/mol. The molecule has 2 nitrogen and oxygen atoms in total. The molecule has 0 aliphatic heterocycles. The first-order chi connectivity index (χ1) is 18.6. The van der Waals surface area contributed by atoms with Crippen LogP contribution in [0.1, 0.15) is 97.5 Å². The number of ether oxygens (including phenoxy) is 1. The van der Waals surface area contributed by atoms with Crippen LogP contribution in [0, 0.1) is 0 Å². The molecule has 1 aliphatic rings. The van der Waals surface area contributed by atoms with Crippen molar-refractivity contribution in [2.45, 2.75) is 65.7 Å². The molecule has 0 spiro atoms. The summed E-state index contributed by atoms with van der Waals surface area (Å²) in [6.45, 7) is 1.95. The lowest BCUT2D eigenvalue weighted by Gasteiger charge is -2.19. The summed E-state index contributed by atoms with van der Waals surface area (Å²) in [4.78, 5) is 11.5. The second kappa shape index (κ2) is 14.8. The third-order valence-corrected chi connectivity index (χ3v) is 7.66. The first-order valence-electron chi connectivity index (χ1n) is 13.6. The van der Waals surface area contributed by atoms with Gasteiger partial charge in [-0.25, -0.2) is 0 Å². The van der Waals surface area contributed by atoms with Crippen LogP contribution in [0.5, 0.6) is 5.75 Å². The molecule has 39 heavy (non-hydrogen) atoms. The van der Waals surface area contributed by atoms with Crippen molar-refractivity contribution >= 4 is 35.1 Å². The van der Waals surface area contributed by atoms with Crippen molar-refractivity contribution < 1.29 is 13.9 Å². The standard InChI is InChI=1S/C34H36ClFO2.CH4/c1-3-24(9-5-4-6-20-36)21-25-14-17-27(18-15-25)33-29-19-16-26(23-37)22-28(29)10-7-11-30(33)31-12-8-13-32(35)34(31)38-2;/h8,12-19,21-23H,3-7,9-11,20H2,1-2H3;1H4/b24-21-;.